The van der Waals surface area contributed by atoms with E-state index in [1.165, 1.54) is 13.0 Å². The lowest BCUT2D eigenvalue weighted by Crippen LogP contribution is -2.44. The van der Waals surface area contributed by atoms with Crippen LogP contribution in [-0.2, 0) is 6.54 Å². The molecule has 0 amide bonds. The molecule has 2 saturated heterocycles. The molecule has 0 aliphatic carbocycles. The molecule has 2 unspecified atom stereocenters. The van der Waals surface area contributed by atoms with E-state index in [0.717, 1.165) is 36.5 Å². The minimum absolute atomic E-state index is 0.685. The van der Waals surface area contributed by atoms with Crippen LogP contribution in [0, 0.1) is 0 Å². The minimum Gasteiger partial charge on any atom is -0.301 e. The Morgan fingerprint density at radius 3 is 2.76 bits per heavy atom. The topological polar surface area (TPSA) is 23.6 Å². The van der Waals surface area contributed by atoms with Gasteiger partial charge in [-0.05, 0) is 19.0 Å². The van der Waals surface area contributed by atoms with E-state index in [1.54, 1.807) is 0 Å². The molecule has 0 radical (unpaired) electrons. The van der Waals surface area contributed by atoms with Crippen molar-refractivity contribution in [2.75, 3.05) is 20.1 Å². The fraction of sp³-hybridized carbons (Fsp3) is 0.500. The molecular formula is C14H18N2O. The highest BCUT2D eigenvalue weighted by molar-refractivity contribution is 5.77. The molecule has 2 atom stereocenters. The summed E-state index contributed by atoms with van der Waals surface area (Å²) in [6.45, 7) is 3.24. The van der Waals surface area contributed by atoms with Crippen molar-refractivity contribution >= 4 is 6.29 Å². The van der Waals surface area contributed by atoms with E-state index in [-0.39, 0.29) is 0 Å². The van der Waals surface area contributed by atoms with E-state index in [4.69, 9.17) is 0 Å². The van der Waals surface area contributed by atoms with Crippen LogP contribution in [0.25, 0.3) is 0 Å². The van der Waals surface area contributed by atoms with Crippen molar-refractivity contribution in [3.63, 3.8) is 0 Å². The van der Waals surface area contributed by atoms with Gasteiger partial charge in [-0.25, -0.2) is 0 Å². The van der Waals surface area contributed by atoms with Crippen molar-refractivity contribution in [1.29, 1.82) is 0 Å². The average Bonchev–Trinajstić information content (AvgIpc) is 2.88. The van der Waals surface area contributed by atoms with E-state index in [1.807, 2.05) is 18.2 Å². The van der Waals surface area contributed by atoms with Crippen molar-refractivity contribution in [2.45, 2.75) is 25.0 Å². The molecular weight excluding hydrogens is 212 g/mol. The molecule has 0 saturated carbocycles. The lowest BCUT2D eigenvalue weighted by Gasteiger charge is -2.32. The van der Waals surface area contributed by atoms with Crippen LogP contribution in [0.3, 0.4) is 0 Å². The second-order valence-electron chi connectivity index (χ2n) is 5.23. The molecule has 1 aromatic rings. The highest BCUT2D eigenvalue weighted by Gasteiger charge is 2.41. The number of benzene rings is 1. The normalized spacial score (nSPS) is 28.8. The van der Waals surface area contributed by atoms with Gasteiger partial charge in [0.05, 0.1) is 0 Å². The lowest BCUT2D eigenvalue weighted by molar-refractivity contribution is 0.111. The Morgan fingerprint density at radius 1 is 1.29 bits per heavy atom. The van der Waals surface area contributed by atoms with Gasteiger partial charge in [0.15, 0.2) is 0 Å². The van der Waals surface area contributed by atoms with E-state index in [9.17, 15) is 4.79 Å². The van der Waals surface area contributed by atoms with Gasteiger partial charge in [0.1, 0.15) is 6.29 Å². The lowest BCUT2D eigenvalue weighted by atomic mass is 10.1. The van der Waals surface area contributed by atoms with E-state index < -0.39 is 0 Å². The largest absolute Gasteiger partial charge is 0.301 e. The van der Waals surface area contributed by atoms with Crippen LogP contribution in [0.15, 0.2) is 24.3 Å². The number of carbonyl (C=O) groups is 1. The van der Waals surface area contributed by atoms with Crippen LogP contribution in [0.4, 0.5) is 0 Å². The fourth-order valence-corrected chi connectivity index (χ4v) is 3.15. The highest BCUT2D eigenvalue weighted by Crippen LogP contribution is 2.30. The first-order valence-corrected chi connectivity index (χ1v) is 6.25. The quantitative estimate of drug-likeness (QED) is 0.733. The minimum atomic E-state index is 0.685. The number of rotatable bonds is 3. The Hall–Kier alpha value is -1.19. The zero-order valence-corrected chi connectivity index (χ0v) is 10.2. The maximum atomic E-state index is 11.0. The van der Waals surface area contributed by atoms with Crippen LogP contribution in [0.5, 0.6) is 0 Å². The molecule has 0 aromatic heterocycles. The van der Waals surface area contributed by atoms with Gasteiger partial charge in [0.2, 0.25) is 0 Å². The summed E-state index contributed by atoms with van der Waals surface area (Å²) in [7, 11) is 2.21. The van der Waals surface area contributed by atoms with Gasteiger partial charge in [-0.15, -0.1) is 0 Å². The van der Waals surface area contributed by atoms with Crippen molar-refractivity contribution in [2.24, 2.45) is 0 Å². The monoisotopic (exact) mass is 230 g/mol. The number of piperazine rings is 1. The smallest absolute Gasteiger partial charge is 0.150 e. The summed E-state index contributed by atoms with van der Waals surface area (Å²) in [6.07, 6.45) is 2.26. The summed E-state index contributed by atoms with van der Waals surface area (Å²) in [5.74, 6) is 0. The van der Waals surface area contributed by atoms with Crippen LogP contribution in [-0.4, -0.2) is 48.3 Å². The predicted octanol–water partition coefficient (Wildman–Crippen LogP) is 1.39. The highest BCUT2D eigenvalue weighted by atomic mass is 16.1. The number of aldehydes is 1. The summed E-state index contributed by atoms with van der Waals surface area (Å²) in [4.78, 5) is 16.0. The third-order valence-corrected chi connectivity index (χ3v) is 4.18. The summed E-state index contributed by atoms with van der Waals surface area (Å²) < 4.78 is 0. The molecule has 17 heavy (non-hydrogen) atoms. The van der Waals surface area contributed by atoms with E-state index >= 15 is 0 Å². The van der Waals surface area contributed by atoms with Crippen molar-refractivity contribution in [3.8, 4) is 0 Å². The molecule has 90 valence electrons. The molecule has 2 heterocycles. The molecule has 2 fully saturated rings. The van der Waals surface area contributed by atoms with E-state index in [0.29, 0.717) is 6.04 Å². The standard InChI is InChI=1S/C14H18N2O/c1-15-8-14-6-13(15)9-16(14)7-11-4-2-3-5-12(11)10-17/h2-5,10,13-14H,6-9H2,1H3. The van der Waals surface area contributed by atoms with Gasteiger partial charge in [-0.1, -0.05) is 24.3 Å². The first-order valence-electron chi connectivity index (χ1n) is 6.25. The van der Waals surface area contributed by atoms with Crippen LogP contribution in [0.1, 0.15) is 22.3 Å². The summed E-state index contributed by atoms with van der Waals surface area (Å²) in [5, 5.41) is 0. The van der Waals surface area contributed by atoms with Gasteiger partial charge in [0, 0.05) is 37.3 Å². The Labute approximate surface area is 102 Å². The Bertz CT molecular complexity index is 430. The number of carbonyl (C=O) groups excluding carboxylic acids is 1. The number of hydrogen-bond acceptors (Lipinski definition) is 3. The van der Waals surface area contributed by atoms with Gasteiger partial charge in [-0.3, -0.25) is 9.69 Å². The molecule has 2 bridgehead atoms. The Morgan fingerprint density at radius 2 is 2.12 bits per heavy atom. The van der Waals surface area contributed by atoms with Crippen molar-refractivity contribution in [1.82, 2.24) is 9.80 Å². The first-order chi connectivity index (χ1) is 8.28. The van der Waals surface area contributed by atoms with Gasteiger partial charge >= 0.3 is 0 Å². The maximum Gasteiger partial charge on any atom is 0.150 e. The third-order valence-electron chi connectivity index (χ3n) is 4.18. The van der Waals surface area contributed by atoms with Gasteiger partial charge < -0.3 is 4.90 Å². The first kappa shape index (κ1) is 10.9. The second-order valence-corrected chi connectivity index (χ2v) is 5.23. The van der Waals surface area contributed by atoms with Crippen LogP contribution >= 0.6 is 0 Å². The molecule has 2 aliphatic rings. The summed E-state index contributed by atoms with van der Waals surface area (Å²) in [6, 6.07) is 9.33. The number of fused-ring (bicyclic) bond motifs is 2. The molecule has 1 aromatic carbocycles. The zero-order chi connectivity index (χ0) is 11.8. The number of nitrogens with zero attached hydrogens (tertiary/aromatic N) is 2. The number of likely N-dealkylation sites (N-methyl/N-ethyl adjacent to an activating group) is 1. The molecule has 3 rings (SSSR count). The number of hydrogen-bond donors (Lipinski definition) is 0. The predicted molar refractivity (Wildman–Crippen MR) is 67.1 cm³/mol. The summed E-state index contributed by atoms with van der Waals surface area (Å²) in [5.41, 5.74) is 2.00. The molecule has 0 N–H and O–H groups in total. The SMILES string of the molecule is CN1CC2CC1CN2Cc1ccccc1C=O. The average molecular weight is 230 g/mol. The fourth-order valence-electron chi connectivity index (χ4n) is 3.15. The molecule has 2 aliphatic heterocycles. The van der Waals surface area contributed by atoms with Crippen molar-refractivity contribution < 1.29 is 4.79 Å². The van der Waals surface area contributed by atoms with Crippen LogP contribution < -0.4 is 0 Å². The zero-order valence-electron chi connectivity index (χ0n) is 10.2. The third kappa shape index (κ3) is 1.90. The van der Waals surface area contributed by atoms with E-state index in [2.05, 4.69) is 22.9 Å². The van der Waals surface area contributed by atoms with Gasteiger partial charge in [-0.2, -0.15) is 0 Å². The van der Waals surface area contributed by atoms with Crippen LogP contribution in [0.2, 0.25) is 0 Å². The Balaban J connectivity index is 1.74. The second kappa shape index (κ2) is 4.24. The van der Waals surface area contributed by atoms with Crippen molar-refractivity contribution in [3.05, 3.63) is 35.4 Å². The summed E-state index contributed by atoms with van der Waals surface area (Å²) >= 11 is 0. The van der Waals surface area contributed by atoms with Gasteiger partial charge in [0.25, 0.3) is 0 Å². The molecule has 0 spiro atoms. The molecule has 3 heteroatoms. The maximum absolute atomic E-state index is 11.0. The number of likely N-dealkylation sites (tertiary alicyclic amines) is 2. The Kier molecular flexibility index (Phi) is 2.73. The molecule has 3 nitrogen and oxygen atoms in total.